The van der Waals surface area contributed by atoms with Gasteiger partial charge in [0.1, 0.15) is 5.75 Å². The van der Waals surface area contributed by atoms with Crippen LogP contribution in [-0.4, -0.2) is 41.6 Å². The zero-order valence-electron chi connectivity index (χ0n) is 10.9. The quantitative estimate of drug-likeness (QED) is 0.836. The molecular weight excluding hydrogens is 299 g/mol. The molecule has 0 bridgehead atoms. The summed E-state index contributed by atoms with van der Waals surface area (Å²) in [6, 6.07) is 3.36. The maximum atomic E-state index is 11.8. The van der Waals surface area contributed by atoms with Crippen molar-refractivity contribution < 1.29 is 9.90 Å². The van der Waals surface area contributed by atoms with Gasteiger partial charge >= 0.3 is 0 Å². The number of aromatic hydroxyl groups is 1. The molecule has 4 nitrogen and oxygen atoms in total. The van der Waals surface area contributed by atoms with Crippen LogP contribution >= 0.6 is 23.2 Å². The second-order valence-electron chi connectivity index (χ2n) is 5.39. The molecule has 2 heterocycles. The third-order valence-electron chi connectivity index (χ3n) is 4.21. The van der Waals surface area contributed by atoms with Gasteiger partial charge in [-0.15, -0.1) is 0 Å². The predicted molar refractivity (Wildman–Crippen MR) is 78.5 cm³/mol. The van der Waals surface area contributed by atoms with Crippen molar-refractivity contribution in [2.24, 2.45) is 0 Å². The van der Waals surface area contributed by atoms with Crippen LogP contribution in [0.25, 0.3) is 0 Å². The minimum atomic E-state index is 0.134. The Morgan fingerprint density at radius 1 is 1.35 bits per heavy atom. The minimum Gasteiger partial charge on any atom is -0.508 e. The van der Waals surface area contributed by atoms with Crippen LogP contribution in [0.3, 0.4) is 0 Å². The molecule has 0 radical (unpaired) electrons. The first kappa shape index (κ1) is 14.0. The summed E-state index contributed by atoms with van der Waals surface area (Å²) < 4.78 is 0. The number of rotatable bonds is 1. The molecule has 0 aliphatic carbocycles. The molecule has 0 saturated carbocycles. The highest BCUT2D eigenvalue weighted by atomic mass is 35.5. The molecule has 108 valence electrons. The highest BCUT2D eigenvalue weighted by Crippen LogP contribution is 2.43. The molecule has 2 saturated heterocycles. The third-order valence-corrected chi connectivity index (χ3v) is 5.03. The highest BCUT2D eigenvalue weighted by Gasteiger charge is 2.36. The average molecular weight is 315 g/mol. The Bertz CT molecular complexity index is 550. The molecule has 1 aromatic carbocycles. The fraction of sp³-hybridized carbons (Fsp3) is 0.500. The number of carbonyl (C=O) groups is 1. The number of hydrogen-bond acceptors (Lipinski definition) is 3. The maximum absolute atomic E-state index is 11.8. The van der Waals surface area contributed by atoms with E-state index in [0.717, 1.165) is 24.9 Å². The van der Waals surface area contributed by atoms with Crippen molar-refractivity contribution in [3.8, 4) is 5.75 Å². The Balaban J connectivity index is 1.87. The number of nitrogens with zero attached hydrogens (tertiary/aromatic N) is 1. The SMILES string of the molecule is O=C1CNC[C@@H]2C[C@H](c3c(O)ccc(Cl)c3Cl)CCN12. The number of phenolic OH excluding ortho intramolecular Hbond substituents is 1. The Kier molecular flexibility index (Phi) is 3.80. The lowest BCUT2D eigenvalue weighted by atomic mass is 9.84. The van der Waals surface area contributed by atoms with Crippen LogP contribution in [0, 0.1) is 0 Å². The Hall–Kier alpha value is -0.970. The van der Waals surface area contributed by atoms with E-state index in [1.54, 1.807) is 12.1 Å². The van der Waals surface area contributed by atoms with Crippen molar-refractivity contribution >= 4 is 29.1 Å². The molecule has 0 unspecified atom stereocenters. The number of phenols is 1. The van der Waals surface area contributed by atoms with Gasteiger partial charge in [-0.2, -0.15) is 0 Å². The zero-order valence-corrected chi connectivity index (χ0v) is 12.4. The number of benzene rings is 1. The number of piperidine rings is 1. The van der Waals surface area contributed by atoms with Crippen molar-refractivity contribution in [3.63, 3.8) is 0 Å². The summed E-state index contributed by atoms with van der Waals surface area (Å²) >= 11 is 12.3. The average Bonchev–Trinajstić information content (AvgIpc) is 2.44. The fourth-order valence-electron chi connectivity index (χ4n) is 3.23. The molecule has 20 heavy (non-hydrogen) atoms. The Morgan fingerprint density at radius 3 is 2.95 bits per heavy atom. The summed E-state index contributed by atoms with van der Waals surface area (Å²) in [7, 11) is 0. The molecule has 2 N–H and O–H groups in total. The molecule has 0 aromatic heterocycles. The summed E-state index contributed by atoms with van der Waals surface area (Å²) in [6.07, 6.45) is 1.60. The van der Waals surface area contributed by atoms with Crippen LogP contribution < -0.4 is 5.32 Å². The molecule has 1 aromatic rings. The fourth-order valence-corrected chi connectivity index (χ4v) is 3.71. The maximum Gasteiger partial charge on any atom is 0.236 e. The van der Waals surface area contributed by atoms with Gasteiger partial charge in [0.05, 0.1) is 16.6 Å². The molecule has 6 heteroatoms. The number of nitrogens with one attached hydrogen (secondary N) is 1. The number of carbonyl (C=O) groups excluding carboxylic acids is 1. The lowest BCUT2D eigenvalue weighted by Gasteiger charge is -2.43. The first-order chi connectivity index (χ1) is 9.58. The van der Waals surface area contributed by atoms with E-state index >= 15 is 0 Å². The van der Waals surface area contributed by atoms with Crippen molar-refractivity contribution in [2.75, 3.05) is 19.6 Å². The smallest absolute Gasteiger partial charge is 0.236 e. The Labute approximate surface area is 127 Å². The second-order valence-corrected chi connectivity index (χ2v) is 6.17. The van der Waals surface area contributed by atoms with Gasteiger partial charge in [0.15, 0.2) is 0 Å². The number of fused-ring (bicyclic) bond motifs is 1. The monoisotopic (exact) mass is 314 g/mol. The van der Waals surface area contributed by atoms with Crippen molar-refractivity contribution in [3.05, 3.63) is 27.7 Å². The van der Waals surface area contributed by atoms with Crippen LogP contribution in [0.5, 0.6) is 5.75 Å². The van der Waals surface area contributed by atoms with Gasteiger partial charge in [-0.25, -0.2) is 0 Å². The van der Waals surface area contributed by atoms with Gasteiger partial charge < -0.3 is 15.3 Å². The number of piperazine rings is 1. The lowest BCUT2D eigenvalue weighted by Crippen LogP contribution is -2.57. The van der Waals surface area contributed by atoms with Gasteiger partial charge in [0.2, 0.25) is 5.91 Å². The van der Waals surface area contributed by atoms with E-state index in [2.05, 4.69) is 5.32 Å². The Morgan fingerprint density at radius 2 is 2.15 bits per heavy atom. The third kappa shape index (κ3) is 2.36. The topological polar surface area (TPSA) is 52.6 Å². The summed E-state index contributed by atoms with van der Waals surface area (Å²) in [5, 5.41) is 14.1. The van der Waals surface area contributed by atoms with Gasteiger partial charge in [-0.1, -0.05) is 23.2 Å². The highest BCUT2D eigenvalue weighted by molar-refractivity contribution is 6.42. The molecular formula is C14H16Cl2N2O2. The first-order valence-electron chi connectivity index (χ1n) is 6.75. The number of amides is 1. The molecule has 2 fully saturated rings. The molecule has 2 aliphatic heterocycles. The van der Waals surface area contributed by atoms with E-state index in [9.17, 15) is 9.90 Å². The number of halogens is 2. The van der Waals surface area contributed by atoms with E-state index in [4.69, 9.17) is 23.2 Å². The van der Waals surface area contributed by atoms with Crippen molar-refractivity contribution in [1.82, 2.24) is 10.2 Å². The van der Waals surface area contributed by atoms with E-state index in [1.807, 2.05) is 4.90 Å². The first-order valence-corrected chi connectivity index (χ1v) is 7.50. The molecule has 2 aliphatic rings. The molecule has 0 spiro atoms. The van der Waals surface area contributed by atoms with Crippen LogP contribution in [0.15, 0.2) is 12.1 Å². The largest absolute Gasteiger partial charge is 0.508 e. The van der Waals surface area contributed by atoms with Crippen LogP contribution in [0.2, 0.25) is 10.0 Å². The predicted octanol–water partition coefficient (Wildman–Crippen LogP) is 2.38. The summed E-state index contributed by atoms with van der Waals surface area (Å²) in [5.74, 6) is 0.476. The van der Waals surface area contributed by atoms with E-state index in [1.165, 1.54) is 0 Å². The van der Waals surface area contributed by atoms with E-state index < -0.39 is 0 Å². The van der Waals surface area contributed by atoms with Crippen molar-refractivity contribution in [2.45, 2.75) is 24.8 Å². The molecule has 1 amide bonds. The second kappa shape index (κ2) is 5.43. The van der Waals surface area contributed by atoms with Crippen LogP contribution in [0.1, 0.15) is 24.3 Å². The normalized spacial score (nSPS) is 26.5. The van der Waals surface area contributed by atoms with Crippen LogP contribution in [-0.2, 0) is 4.79 Å². The summed E-state index contributed by atoms with van der Waals surface area (Å²) in [5.41, 5.74) is 0.719. The summed E-state index contributed by atoms with van der Waals surface area (Å²) in [4.78, 5) is 13.8. The van der Waals surface area contributed by atoms with Gasteiger partial charge in [0.25, 0.3) is 0 Å². The molecule has 2 atom stereocenters. The minimum absolute atomic E-state index is 0.134. The van der Waals surface area contributed by atoms with Crippen LogP contribution in [0.4, 0.5) is 0 Å². The zero-order chi connectivity index (χ0) is 14.3. The van der Waals surface area contributed by atoms with Gasteiger partial charge in [-0.05, 0) is 30.9 Å². The summed E-state index contributed by atoms with van der Waals surface area (Å²) in [6.45, 7) is 1.92. The van der Waals surface area contributed by atoms with Crippen molar-refractivity contribution in [1.29, 1.82) is 0 Å². The standard InChI is InChI=1S/C14H16Cl2N2O2/c15-10-1-2-11(19)13(14(10)16)8-3-4-18-9(5-8)6-17-7-12(18)20/h1-2,8-9,17,19H,3-7H2/t8-,9+/m1/s1. The van der Waals surface area contributed by atoms with E-state index in [0.29, 0.717) is 23.1 Å². The molecule has 3 rings (SSSR count). The van der Waals surface area contributed by atoms with Gasteiger partial charge in [0, 0.05) is 24.7 Å². The van der Waals surface area contributed by atoms with Gasteiger partial charge in [-0.3, -0.25) is 4.79 Å². The number of hydrogen-bond donors (Lipinski definition) is 2. The van der Waals surface area contributed by atoms with E-state index in [-0.39, 0.29) is 23.6 Å². The lowest BCUT2D eigenvalue weighted by molar-refractivity contribution is -0.136.